The predicted octanol–water partition coefficient (Wildman–Crippen LogP) is -1.41. The molecule has 1 N–H and O–H groups in total. The van der Waals surface area contributed by atoms with Gasteiger partial charge in [0.2, 0.25) is 0 Å². The van der Waals surface area contributed by atoms with Gasteiger partial charge >= 0.3 is 0 Å². The van der Waals surface area contributed by atoms with Gasteiger partial charge in [-0.15, -0.1) is 0 Å². The molecular weight excluding hydrogens is 246 g/mol. The van der Waals surface area contributed by atoms with Crippen LogP contribution >= 0.6 is 0 Å². The number of aliphatic hydroxyl groups is 1. The standard InChI is InChI=1S/C10H17NO5S/c12-9-6-17(13,14)5-8(9)11-2-1-10(7-11)15-3-4-16-10/h8-9,12H,1-7H2. The molecule has 3 rings (SSSR count). The first-order valence-electron chi connectivity index (χ1n) is 5.90. The van der Waals surface area contributed by atoms with E-state index in [0.29, 0.717) is 19.8 Å². The molecule has 0 saturated carbocycles. The van der Waals surface area contributed by atoms with E-state index in [9.17, 15) is 13.5 Å². The highest BCUT2D eigenvalue weighted by Crippen LogP contribution is 2.33. The largest absolute Gasteiger partial charge is 0.390 e. The maximum Gasteiger partial charge on any atom is 0.182 e. The first kappa shape index (κ1) is 11.9. The molecule has 3 fully saturated rings. The average Bonchev–Trinajstić information content (AvgIpc) is 2.90. The number of hydrogen-bond donors (Lipinski definition) is 1. The van der Waals surface area contributed by atoms with Gasteiger partial charge in [0.15, 0.2) is 15.6 Å². The summed E-state index contributed by atoms with van der Waals surface area (Å²) in [7, 11) is -3.09. The minimum Gasteiger partial charge on any atom is -0.390 e. The molecular formula is C10H17NO5S. The lowest BCUT2D eigenvalue weighted by molar-refractivity contribution is -0.147. The molecule has 0 amide bonds. The van der Waals surface area contributed by atoms with Gasteiger partial charge in [-0.1, -0.05) is 0 Å². The average molecular weight is 263 g/mol. The summed E-state index contributed by atoms with van der Waals surface area (Å²) in [5, 5.41) is 9.81. The van der Waals surface area contributed by atoms with Crippen LogP contribution < -0.4 is 0 Å². The van der Waals surface area contributed by atoms with Gasteiger partial charge in [0, 0.05) is 13.0 Å². The minimum atomic E-state index is -3.09. The first-order chi connectivity index (χ1) is 8.00. The monoisotopic (exact) mass is 263 g/mol. The Morgan fingerprint density at radius 1 is 1.24 bits per heavy atom. The van der Waals surface area contributed by atoms with E-state index in [1.54, 1.807) is 0 Å². The number of sulfone groups is 1. The quantitative estimate of drug-likeness (QED) is 0.626. The highest BCUT2D eigenvalue weighted by atomic mass is 32.2. The predicted molar refractivity (Wildman–Crippen MR) is 59.3 cm³/mol. The first-order valence-corrected chi connectivity index (χ1v) is 7.72. The molecule has 3 heterocycles. The fourth-order valence-electron chi connectivity index (χ4n) is 2.96. The molecule has 0 aromatic carbocycles. The molecule has 3 aliphatic heterocycles. The van der Waals surface area contributed by atoms with Crippen molar-refractivity contribution in [3.05, 3.63) is 0 Å². The van der Waals surface area contributed by atoms with Crippen LogP contribution in [-0.2, 0) is 19.3 Å². The second-order valence-corrected chi connectivity index (χ2v) is 7.19. The molecule has 1 spiro atoms. The summed E-state index contributed by atoms with van der Waals surface area (Å²) < 4.78 is 34.1. The Morgan fingerprint density at radius 3 is 2.53 bits per heavy atom. The lowest BCUT2D eigenvalue weighted by Gasteiger charge is -2.27. The van der Waals surface area contributed by atoms with Gasteiger partial charge in [0.05, 0.1) is 43.4 Å². The summed E-state index contributed by atoms with van der Waals surface area (Å²) in [6.45, 7) is 2.47. The Hall–Kier alpha value is -0.210. The maximum atomic E-state index is 11.5. The van der Waals surface area contributed by atoms with Gasteiger partial charge in [-0.2, -0.15) is 0 Å². The molecule has 0 radical (unpaired) electrons. The highest BCUT2D eigenvalue weighted by molar-refractivity contribution is 7.91. The maximum absolute atomic E-state index is 11.5. The van der Waals surface area contributed by atoms with Crippen LogP contribution in [0.3, 0.4) is 0 Å². The van der Waals surface area contributed by atoms with Crippen LogP contribution in [0.15, 0.2) is 0 Å². The zero-order valence-corrected chi connectivity index (χ0v) is 10.4. The van der Waals surface area contributed by atoms with Crippen molar-refractivity contribution < 1.29 is 23.0 Å². The van der Waals surface area contributed by atoms with E-state index in [4.69, 9.17) is 9.47 Å². The molecule has 17 heavy (non-hydrogen) atoms. The zero-order valence-electron chi connectivity index (χ0n) is 9.54. The summed E-state index contributed by atoms with van der Waals surface area (Å²) in [6.07, 6.45) is -0.0347. The van der Waals surface area contributed by atoms with Crippen LogP contribution in [0.4, 0.5) is 0 Å². The Kier molecular flexibility index (Phi) is 2.71. The molecule has 0 aliphatic carbocycles. The molecule has 98 valence electrons. The zero-order chi connectivity index (χ0) is 12.1. The van der Waals surface area contributed by atoms with E-state index in [1.165, 1.54) is 0 Å². The summed E-state index contributed by atoms with van der Waals surface area (Å²) in [5.41, 5.74) is 0. The van der Waals surface area contributed by atoms with E-state index in [1.807, 2.05) is 4.90 Å². The third-order valence-electron chi connectivity index (χ3n) is 3.80. The summed E-state index contributed by atoms with van der Waals surface area (Å²) in [5.74, 6) is -0.626. The van der Waals surface area contributed by atoms with Crippen molar-refractivity contribution in [2.75, 3.05) is 37.8 Å². The van der Waals surface area contributed by atoms with Gasteiger partial charge in [-0.3, -0.25) is 4.90 Å². The third kappa shape index (κ3) is 2.10. The fourth-order valence-corrected chi connectivity index (χ4v) is 4.79. The third-order valence-corrected chi connectivity index (χ3v) is 5.50. The van der Waals surface area contributed by atoms with Crippen molar-refractivity contribution in [1.29, 1.82) is 0 Å². The van der Waals surface area contributed by atoms with Gasteiger partial charge in [-0.05, 0) is 0 Å². The van der Waals surface area contributed by atoms with Crippen LogP contribution in [0.2, 0.25) is 0 Å². The van der Waals surface area contributed by atoms with Crippen LogP contribution in [0.5, 0.6) is 0 Å². The molecule has 0 bridgehead atoms. The van der Waals surface area contributed by atoms with Crippen molar-refractivity contribution in [2.24, 2.45) is 0 Å². The van der Waals surface area contributed by atoms with Crippen molar-refractivity contribution in [3.8, 4) is 0 Å². The number of hydrogen-bond acceptors (Lipinski definition) is 6. The van der Waals surface area contributed by atoms with Crippen LogP contribution in [0.1, 0.15) is 6.42 Å². The highest BCUT2D eigenvalue weighted by Gasteiger charge is 2.49. The molecule has 2 unspecified atom stereocenters. The number of rotatable bonds is 1. The second kappa shape index (κ2) is 3.89. The number of nitrogens with zero attached hydrogens (tertiary/aromatic N) is 1. The smallest absolute Gasteiger partial charge is 0.182 e. The summed E-state index contributed by atoms with van der Waals surface area (Å²) in [6, 6.07) is -0.299. The number of likely N-dealkylation sites (tertiary alicyclic amines) is 1. The van der Waals surface area contributed by atoms with E-state index in [0.717, 1.165) is 13.0 Å². The van der Waals surface area contributed by atoms with Gasteiger partial charge in [0.25, 0.3) is 0 Å². The lowest BCUT2D eigenvalue weighted by atomic mass is 10.2. The fraction of sp³-hybridized carbons (Fsp3) is 1.00. The van der Waals surface area contributed by atoms with E-state index in [2.05, 4.69) is 0 Å². The van der Waals surface area contributed by atoms with Crippen LogP contribution in [-0.4, -0.2) is 74.2 Å². The SMILES string of the molecule is O=S1(=O)CC(O)C(N2CCC3(C2)OCCO3)C1. The van der Waals surface area contributed by atoms with Gasteiger partial charge in [0.1, 0.15) is 0 Å². The summed E-state index contributed by atoms with van der Waals surface area (Å²) >= 11 is 0. The molecule has 3 aliphatic rings. The topological polar surface area (TPSA) is 76.1 Å². The Labute approximate surface area is 100 Å². The van der Waals surface area contributed by atoms with Crippen molar-refractivity contribution in [1.82, 2.24) is 4.90 Å². The molecule has 3 saturated heterocycles. The van der Waals surface area contributed by atoms with Gasteiger partial charge < -0.3 is 14.6 Å². The van der Waals surface area contributed by atoms with E-state index >= 15 is 0 Å². The molecule has 0 aromatic rings. The number of ether oxygens (including phenoxy) is 2. The van der Waals surface area contributed by atoms with E-state index in [-0.39, 0.29) is 17.5 Å². The van der Waals surface area contributed by atoms with Crippen molar-refractivity contribution >= 4 is 9.84 Å². The Balaban J connectivity index is 1.71. The molecule has 0 aromatic heterocycles. The molecule has 2 atom stereocenters. The molecule has 7 heteroatoms. The minimum absolute atomic E-state index is 0.0459. The molecule has 6 nitrogen and oxygen atoms in total. The van der Waals surface area contributed by atoms with Crippen LogP contribution in [0.25, 0.3) is 0 Å². The van der Waals surface area contributed by atoms with Crippen molar-refractivity contribution in [2.45, 2.75) is 24.4 Å². The van der Waals surface area contributed by atoms with Crippen molar-refractivity contribution in [3.63, 3.8) is 0 Å². The number of aliphatic hydroxyl groups excluding tert-OH is 1. The Bertz CT molecular complexity index is 403. The lowest BCUT2D eigenvalue weighted by Crippen LogP contribution is -2.44. The Morgan fingerprint density at radius 2 is 1.94 bits per heavy atom. The van der Waals surface area contributed by atoms with Gasteiger partial charge in [-0.25, -0.2) is 8.42 Å². The van der Waals surface area contributed by atoms with E-state index < -0.39 is 21.7 Å². The summed E-state index contributed by atoms with van der Waals surface area (Å²) in [4.78, 5) is 1.99. The second-order valence-electron chi connectivity index (χ2n) is 5.04. The van der Waals surface area contributed by atoms with Crippen LogP contribution in [0, 0.1) is 0 Å². The normalized spacial score (nSPS) is 40.3.